The van der Waals surface area contributed by atoms with Crippen molar-refractivity contribution in [3.05, 3.63) is 28.3 Å². The van der Waals surface area contributed by atoms with Gasteiger partial charge in [-0.1, -0.05) is 25.4 Å². The smallest absolute Gasteiger partial charge is 0.319 e. The van der Waals surface area contributed by atoms with Crippen LogP contribution in [0.1, 0.15) is 25.0 Å². The van der Waals surface area contributed by atoms with Gasteiger partial charge >= 0.3 is 5.97 Å². The quantitative estimate of drug-likeness (QED) is 0.907. The van der Waals surface area contributed by atoms with Crippen molar-refractivity contribution in [3.8, 4) is 5.75 Å². The number of ether oxygens (including phenoxy) is 1. The van der Waals surface area contributed by atoms with Gasteiger partial charge in [-0.25, -0.2) is 0 Å². The molecule has 20 heavy (non-hydrogen) atoms. The molecule has 2 rings (SSSR count). The van der Waals surface area contributed by atoms with Crippen LogP contribution >= 0.6 is 11.6 Å². The topological polar surface area (TPSA) is 63.6 Å². The Kier molecular flexibility index (Phi) is 4.70. The number of halogens is 1. The van der Waals surface area contributed by atoms with E-state index >= 15 is 0 Å². The molecule has 0 spiro atoms. The van der Waals surface area contributed by atoms with Crippen LogP contribution in [0.4, 0.5) is 0 Å². The highest BCUT2D eigenvalue weighted by molar-refractivity contribution is 7.85. The molecule has 1 aliphatic heterocycles. The number of rotatable bonds is 5. The van der Waals surface area contributed by atoms with Gasteiger partial charge in [-0.05, 0) is 23.6 Å². The Labute approximate surface area is 125 Å². The molecule has 6 heteroatoms. The molecule has 0 saturated heterocycles. The summed E-state index contributed by atoms with van der Waals surface area (Å²) in [5.41, 5.74) is 1.73. The molecule has 1 N–H and O–H groups in total. The Morgan fingerprint density at radius 2 is 2.20 bits per heavy atom. The summed E-state index contributed by atoms with van der Waals surface area (Å²) < 4.78 is 17.9. The van der Waals surface area contributed by atoms with E-state index in [0.29, 0.717) is 11.6 Å². The molecule has 0 aromatic heterocycles. The first-order chi connectivity index (χ1) is 9.40. The average molecular weight is 317 g/mol. The van der Waals surface area contributed by atoms with Gasteiger partial charge in [0.05, 0.1) is 12.4 Å². The van der Waals surface area contributed by atoms with E-state index in [9.17, 15) is 14.1 Å². The van der Waals surface area contributed by atoms with Gasteiger partial charge in [0.2, 0.25) is 0 Å². The lowest BCUT2D eigenvalue weighted by molar-refractivity contribution is -0.137. The minimum atomic E-state index is -1.51. The molecule has 1 aromatic carbocycles. The van der Waals surface area contributed by atoms with Gasteiger partial charge in [0, 0.05) is 27.8 Å². The van der Waals surface area contributed by atoms with E-state index in [-0.39, 0.29) is 11.7 Å². The fraction of sp³-hybridized carbons (Fsp3) is 0.500. The molecule has 0 bridgehead atoms. The van der Waals surface area contributed by atoms with Crippen LogP contribution in [0.25, 0.3) is 0 Å². The molecule has 0 saturated carbocycles. The Morgan fingerprint density at radius 3 is 2.80 bits per heavy atom. The predicted octanol–water partition coefficient (Wildman–Crippen LogP) is 2.63. The molecule has 0 amide bonds. The fourth-order valence-corrected chi connectivity index (χ4v) is 4.19. The van der Waals surface area contributed by atoms with Gasteiger partial charge < -0.3 is 9.84 Å². The van der Waals surface area contributed by atoms with Crippen LogP contribution in [0.15, 0.2) is 12.1 Å². The molecule has 0 aliphatic carbocycles. The molecule has 2 unspecified atom stereocenters. The van der Waals surface area contributed by atoms with Crippen molar-refractivity contribution in [3.63, 3.8) is 0 Å². The number of carboxylic acids is 1. The zero-order valence-corrected chi connectivity index (χ0v) is 13.0. The maximum absolute atomic E-state index is 12.3. The maximum atomic E-state index is 12.3. The summed E-state index contributed by atoms with van der Waals surface area (Å²) in [5.74, 6) is -0.354. The average Bonchev–Trinajstić information content (AvgIpc) is 2.75. The summed E-state index contributed by atoms with van der Waals surface area (Å²) in [5, 5.41) is 8.87. The molecule has 0 fully saturated rings. The third kappa shape index (κ3) is 3.15. The van der Waals surface area contributed by atoms with Crippen molar-refractivity contribution in [1.82, 2.24) is 0 Å². The second-order valence-electron chi connectivity index (χ2n) is 5.18. The number of hydrogen-bond donors (Lipinski definition) is 1. The number of carbonyl (C=O) groups is 1. The number of benzene rings is 1. The molecular weight excluding hydrogens is 300 g/mol. The third-order valence-electron chi connectivity index (χ3n) is 3.26. The summed E-state index contributed by atoms with van der Waals surface area (Å²) in [4.78, 5) is 11.2. The summed E-state index contributed by atoms with van der Waals surface area (Å²) >= 11 is 6.05. The zero-order chi connectivity index (χ0) is 14.9. The van der Waals surface area contributed by atoms with Crippen LogP contribution in [0.2, 0.25) is 5.02 Å². The summed E-state index contributed by atoms with van der Waals surface area (Å²) in [6.45, 7) is 4.10. The van der Waals surface area contributed by atoms with Crippen LogP contribution in [0.5, 0.6) is 5.75 Å². The largest absolute Gasteiger partial charge is 0.493 e. The van der Waals surface area contributed by atoms with Crippen LogP contribution in [-0.4, -0.2) is 27.1 Å². The van der Waals surface area contributed by atoms with E-state index in [1.807, 2.05) is 6.07 Å². The van der Waals surface area contributed by atoms with E-state index in [1.54, 1.807) is 19.9 Å². The molecule has 4 nitrogen and oxygen atoms in total. The van der Waals surface area contributed by atoms with Crippen molar-refractivity contribution in [1.29, 1.82) is 0 Å². The monoisotopic (exact) mass is 316 g/mol. The van der Waals surface area contributed by atoms with Crippen molar-refractivity contribution < 1.29 is 18.8 Å². The lowest BCUT2D eigenvalue weighted by Gasteiger charge is -2.17. The summed E-state index contributed by atoms with van der Waals surface area (Å²) in [6, 6.07) is 3.55. The highest BCUT2D eigenvalue weighted by atomic mass is 35.5. The van der Waals surface area contributed by atoms with Gasteiger partial charge in [-0.3, -0.25) is 9.00 Å². The van der Waals surface area contributed by atoms with E-state index < -0.39 is 22.0 Å². The van der Waals surface area contributed by atoms with Gasteiger partial charge in [-0.2, -0.15) is 0 Å². The first-order valence-corrected chi connectivity index (χ1v) is 8.20. The number of fused-ring (bicyclic) bond motifs is 1. The Morgan fingerprint density at radius 1 is 1.50 bits per heavy atom. The highest BCUT2D eigenvalue weighted by Gasteiger charge is 2.29. The van der Waals surface area contributed by atoms with Gasteiger partial charge in [0.15, 0.2) is 0 Å². The van der Waals surface area contributed by atoms with Crippen molar-refractivity contribution in [2.24, 2.45) is 5.92 Å². The van der Waals surface area contributed by atoms with E-state index in [0.717, 1.165) is 23.3 Å². The molecule has 2 atom stereocenters. The number of carboxylic acid groups (broad SMARTS) is 1. The molecule has 1 aliphatic rings. The predicted molar refractivity (Wildman–Crippen MR) is 78.8 cm³/mol. The molecular formula is C14H17ClO4S. The molecule has 1 heterocycles. The Balaban J connectivity index is 2.26. The van der Waals surface area contributed by atoms with Gasteiger partial charge in [-0.15, -0.1) is 0 Å². The van der Waals surface area contributed by atoms with Crippen LogP contribution in [0.3, 0.4) is 0 Å². The summed E-state index contributed by atoms with van der Waals surface area (Å²) in [7, 11) is -1.51. The minimum absolute atomic E-state index is 0.151. The Bertz CT molecular complexity index is 556. The Hall–Kier alpha value is -1.07. The zero-order valence-electron chi connectivity index (χ0n) is 11.4. The highest BCUT2D eigenvalue weighted by Crippen LogP contribution is 2.34. The number of hydrogen-bond acceptors (Lipinski definition) is 3. The van der Waals surface area contributed by atoms with E-state index in [2.05, 4.69) is 0 Å². The van der Waals surface area contributed by atoms with E-state index in [1.165, 1.54) is 0 Å². The SMILES string of the molecule is CC(C)C(C(=O)O)S(=O)Cc1cc(Cl)cc2c1OCC2. The molecule has 1 aromatic rings. The first-order valence-electron chi connectivity index (χ1n) is 6.44. The maximum Gasteiger partial charge on any atom is 0.319 e. The van der Waals surface area contributed by atoms with Crippen molar-refractivity contribution in [2.45, 2.75) is 31.3 Å². The van der Waals surface area contributed by atoms with E-state index in [4.69, 9.17) is 16.3 Å². The fourth-order valence-electron chi connectivity index (χ4n) is 2.40. The lowest BCUT2D eigenvalue weighted by atomic mass is 10.1. The lowest BCUT2D eigenvalue weighted by Crippen LogP contribution is -2.31. The molecule has 0 radical (unpaired) electrons. The normalized spacial score (nSPS) is 16.6. The summed E-state index contributed by atoms with van der Waals surface area (Å²) in [6.07, 6.45) is 0.780. The second-order valence-corrected chi connectivity index (χ2v) is 7.17. The number of aliphatic carboxylic acids is 1. The second kappa shape index (κ2) is 6.14. The standard InChI is InChI=1S/C14H17ClO4S/c1-8(2)13(14(16)17)20(18)7-10-6-11(15)5-9-3-4-19-12(9)10/h5-6,8,13H,3-4,7H2,1-2H3,(H,16,17). The van der Waals surface area contributed by atoms with Crippen LogP contribution < -0.4 is 4.74 Å². The minimum Gasteiger partial charge on any atom is -0.493 e. The van der Waals surface area contributed by atoms with Crippen molar-refractivity contribution >= 4 is 28.4 Å². The van der Waals surface area contributed by atoms with Gasteiger partial charge in [0.1, 0.15) is 11.0 Å². The van der Waals surface area contributed by atoms with Gasteiger partial charge in [0.25, 0.3) is 0 Å². The van der Waals surface area contributed by atoms with Crippen LogP contribution in [0, 0.1) is 5.92 Å². The first kappa shape index (κ1) is 15.3. The van der Waals surface area contributed by atoms with Crippen LogP contribution in [-0.2, 0) is 27.8 Å². The van der Waals surface area contributed by atoms with Crippen molar-refractivity contribution in [2.75, 3.05) is 6.61 Å². The molecule has 110 valence electrons. The third-order valence-corrected chi connectivity index (χ3v) is 5.38.